The number of rotatable bonds is 7. The van der Waals surface area contributed by atoms with E-state index < -0.39 is 0 Å². The van der Waals surface area contributed by atoms with E-state index in [-0.39, 0.29) is 0 Å². The first kappa shape index (κ1) is 11.2. The van der Waals surface area contributed by atoms with Gasteiger partial charge in [0, 0.05) is 24.7 Å². The van der Waals surface area contributed by atoms with Crippen molar-refractivity contribution in [1.29, 1.82) is 0 Å². The zero-order chi connectivity index (χ0) is 11.1. The lowest BCUT2D eigenvalue weighted by molar-refractivity contribution is 0.522. The third-order valence-corrected chi connectivity index (χ3v) is 2.89. The largest absolute Gasteiger partial charge is 0.311 e. The molecule has 0 aliphatic rings. The molecule has 2 aromatic heterocycles. The molecule has 0 spiro atoms. The minimum atomic E-state index is 0.868. The molecule has 0 unspecified atom stereocenters. The number of unbranched alkanes of at least 4 members (excludes halogenated alkanes) is 1. The fraction of sp³-hybridized carbons (Fsp3) is 0.500. The van der Waals surface area contributed by atoms with Crippen LogP contribution in [0, 0.1) is 0 Å². The molecule has 0 saturated heterocycles. The second kappa shape index (κ2) is 6.34. The van der Waals surface area contributed by atoms with Crippen molar-refractivity contribution >= 4 is 11.3 Å². The Morgan fingerprint density at radius 1 is 1.38 bits per heavy atom. The van der Waals surface area contributed by atoms with E-state index in [9.17, 15) is 0 Å². The van der Waals surface area contributed by atoms with Crippen LogP contribution in [0.5, 0.6) is 0 Å². The Morgan fingerprint density at radius 2 is 2.38 bits per heavy atom. The molecule has 16 heavy (non-hydrogen) atoms. The SMILES string of the molecule is c1cn(CCCCNCc2cscn2)nn1. The van der Waals surface area contributed by atoms with Gasteiger partial charge in [0.15, 0.2) is 0 Å². The van der Waals surface area contributed by atoms with Crippen molar-refractivity contribution in [3.05, 3.63) is 29.0 Å². The zero-order valence-corrected chi connectivity index (χ0v) is 9.86. The van der Waals surface area contributed by atoms with Gasteiger partial charge in [0.2, 0.25) is 0 Å². The van der Waals surface area contributed by atoms with E-state index >= 15 is 0 Å². The molecule has 0 saturated carbocycles. The van der Waals surface area contributed by atoms with Crippen molar-refractivity contribution in [3.8, 4) is 0 Å². The second-order valence-corrected chi connectivity index (χ2v) is 4.25. The molecular weight excluding hydrogens is 222 g/mol. The summed E-state index contributed by atoms with van der Waals surface area (Å²) in [4.78, 5) is 4.21. The summed E-state index contributed by atoms with van der Waals surface area (Å²) in [5.74, 6) is 0. The molecule has 0 bridgehead atoms. The van der Waals surface area contributed by atoms with Crippen LogP contribution < -0.4 is 5.32 Å². The summed E-state index contributed by atoms with van der Waals surface area (Å²) in [6.07, 6.45) is 5.86. The maximum atomic E-state index is 4.21. The number of aryl methyl sites for hydroxylation is 1. The van der Waals surface area contributed by atoms with Gasteiger partial charge in [-0.3, -0.25) is 4.68 Å². The van der Waals surface area contributed by atoms with Crippen molar-refractivity contribution in [2.45, 2.75) is 25.9 Å². The molecule has 2 heterocycles. The van der Waals surface area contributed by atoms with E-state index in [1.165, 1.54) is 0 Å². The molecule has 0 fully saturated rings. The molecule has 0 aromatic carbocycles. The predicted octanol–water partition coefficient (Wildman–Crippen LogP) is 1.30. The summed E-state index contributed by atoms with van der Waals surface area (Å²) in [5, 5.41) is 13.1. The van der Waals surface area contributed by atoms with Crippen LogP contribution in [0.2, 0.25) is 0 Å². The van der Waals surface area contributed by atoms with Crippen LogP contribution in [0.4, 0.5) is 0 Å². The first-order valence-electron chi connectivity index (χ1n) is 5.37. The topological polar surface area (TPSA) is 55.6 Å². The van der Waals surface area contributed by atoms with Crippen molar-refractivity contribution in [1.82, 2.24) is 25.3 Å². The van der Waals surface area contributed by atoms with Crippen molar-refractivity contribution < 1.29 is 0 Å². The molecule has 6 heteroatoms. The average molecular weight is 237 g/mol. The van der Waals surface area contributed by atoms with Gasteiger partial charge < -0.3 is 5.32 Å². The standard InChI is InChI=1S/C10H15N5S/c1(2-5-15-6-4-13-14-15)3-11-7-10-8-16-9-12-10/h4,6,8-9,11H,1-3,5,7H2. The summed E-state index contributed by atoms with van der Waals surface area (Å²) >= 11 is 1.64. The van der Waals surface area contributed by atoms with Crippen LogP contribution in [0.15, 0.2) is 23.3 Å². The van der Waals surface area contributed by atoms with E-state index in [4.69, 9.17) is 0 Å². The van der Waals surface area contributed by atoms with Gasteiger partial charge in [0.1, 0.15) is 0 Å². The van der Waals surface area contributed by atoms with Crippen LogP contribution in [0.3, 0.4) is 0 Å². The summed E-state index contributed by atoms with van der Waals surface area (Å²) in [6.45, 7) is 2.83. The molecule has 1 N–H and O–H groups in total. The third kappa shape index (κ3) is 3.71. The van der Waals surface area contributed by atoms with Crippen LogP contribution >= 0.6 is 11.3 Å². The molecule has 2 rings (SSSR count). The monoisotopic (exact) mass is 237 g/mol. The lowest BCUT2D eigenvalue weighted by Crippen LogP contribution is -2.15. The first-order valence-corrected chi connectivity index (χ1v) is 6.31. The van der Waals surface area contributed by atoms with Gasteiger partial charge in [-0.15, -0.1) is 16.4 Å². The van der Waals surface area contributed by atoms with E-state index in [1.807, 2.05) is 16.4 Å². The lowest BCUT2D eigenvalue weighted by Gasteiger charge is -2.02. The minimum Gasteiger partial charge on any atom is -0.311 e. The van der Waals surface area contributed by atoms with Gasteiger partial charge in [-0.05, 0) is 19.4 Å². The van der Waals surface area contributed by atoms with Crippen LogP contribution in [0.25, 0.3) is 0 Å². The van der Waals surface area contributed by atoms with Gasteiger partial charge in [-0.25, -0.2) is 4.98 Å². The number of thiazole rings is 1. The fourth-order valence-electron chi connectivity index (χ4n) is 1.42. The Hall–Kier alpha value is -1.27. The van der Waals surface area contributed by atoms with E-state index in [0.29, 0.717) is 0 Å². The lowest BCUT2D eigenvalue weighted by atomic mass is 10.3. The summed E-state index contributed by atoms with van der Waals surface area (Å²) in [6, 6.07) is 0. The molecule has 0 amide bonds. The maximum absolute atomic E-state index is 4.21. The normalized spacial score (nSPS) is 10.8. The molecule has 5 nitrogen and oxygen atoms in total. The molecule has 2 aromatic rings. The number of hydrogen-bond acceptors (Lipinski definition) is 5. The Balaban J connectivity index is 1.49. The molecule has 0 aliphatic heterocycles. The number of nitrogens with zero attached hydrogens (tertiary/aromatic N) is 4. The number of nitrogens with one attached hydrogen (secondary N) is 1. The first-order chi connectivity index (χ1) is 7.95. The Morgan fingerprint density at radius 3 is 3.12 bits per heavy atom. The molecule has 86 valence electrons. The van der Waals surface area contributed by atoms with Crippen LogP contribution in [-0.4, -0.2) is 26.5 Å². The molecular formula is C10H15N5S. The van der Waals surface area contributed by atoms with E-state index in [0.717, 1.165) is 38.2 Å². The summed E-state index contributed by atoms with van der Waals surface area (Å²) in [7, 11) is 0. The molecule has 0 aliphatic carbocycles. The summed E-state index contributed by atoms with van der Waals surface area (Å²) in [5.41, 5.74) is 2.99. The highest BCUT2D eigenvalue weighted by molar-refractivity contribution is 7.07. The van der Waals surface area contributed by atoms with Crippen molar-refractivity contribution in [3.63, 3.8) is 0 Å². The molecule has 0 radical (unpaired) electrons. The van der Waals surface area contributed by atoms with Gasteiger partial charge in [0.25, 0.3) is 0 Å². The van der Waals surface area contributed by atoms with E-state index in [2.05, 4.69) is 26.0 Å². The van der Waals surface area contributed by atoms with Gasteiger partial charge in [-0.2, -0.15) is 0 Å². The summed E-state index contributed by atoms with van der Waals surface area (Å²) < 4.78 is 1.86. The minimum absolute atomic E-state index is 0.868. The van der Waals surface area contributed by atoms with E-state index in [1.54, 1.807) is 17.5 Å². The highest BCUT2D eigenvalue weighted by Gasteiger charge is 1.95. The molecule has 0 atom stereocenters. The van der Waals surface area contributed by atoms with Gasteiger partial charge >= 0.3 is 0 Å². The quantitative estimate of drug-likeness (QED) is 0.738. The highest BCUT2D eigenvalue weighted by Crippen LogP contribution is 2.00. The van der Waals surface area contributed by atoms with Gasteiger partial charge in [0.05, 0.1) is 17.4 Å². The number of aromatic nitrogens is 4. The van der Waals surface area contributed by atoms with Gasteiger partial charge in [-0.1, -0.05) is 5.21 Å². The Kier molecular flexibility index (Phi) is 4.45. The van der Waals surface area contributed by atoms with Crippen molar-refractivity contribution in [2.24, 2.45) is 0 Å². The second-order valence-electron chi connectivity index (χ2n) is 3.53. The smallest absolute Gasteiger partial charge is 0.0795 e. The van der Waals surface area contributed by atoms with Crippen LogP contribution in [-0.2, 0) is 13.1 Å². The Labute approximate surface area is 98.5 Å². The predicted molar refractivity (Wildman–Crippen MR) is 63.1 cm³/mol. The third-order valence-electron chi connectivity index (χ3n) is 2.25. The zero-order valence-electron chi connectivity index (χ0n) is 9.04. The fourth-order valence-corrected chi connectivity index (χ4v) is 1.98. The number of hydrogen-bond donors (Lipinski definition) is 1. The average Bonchev–Trinajstić information content (AvgIpc) is 2.96. The highest BCUT2D eigenvalue weighted by atomic mass is 32.1. The maximum Gasteiger partial charge on any atom is 0.0795 e. The van der Waals surface area contributed by atoms with Crippen molar-refractivity contribution in [2.75, 3.05) is 6.54 Å². The van der Waals surface area contributed by atoms with Crippen LogP contribution in [0.1, 0.15) is 18.5 Å². The Bertz CT molecular complexity index is 332.